The normalized spacial score (nSPS) is 35.1. The first-order chi connectivity index (χ1) is 6.70. The Morgan fingerprint density at radius 2 is 1.86 bits per heavy atom. The van der Waals surface area contributed by atoms with Crippen LogP contribution in [0.3, 0.4) is 0 Å². The lowest BCUT2D eigenvalue weighted by molar-refractivity contribution is 0.223. The van der Waals surface area contributed by atoms with E-state index in [2.05, 4.69) is 24.5 Å². The van der Waals surface area contributed by atoms with Gasteiger partial charge >= 0.3 is 0 Å². The molecule has 2 aliphatic heterocycles. The van der Waals surface area contributed by atoms with Crippen LogP contribution in [0.2, 0.25) is 0 Å². The maximum absolute atomic E-state index is 3.65. The molecule has 2 atom stereocenters. The van der Waals surface area contributed by atoms with Crippen LogP contribution >= 0.6 is 0 Å². The van der Waals surface area contributed by atoms with Crippen LogP contribution in [-0.4, -0.2) is 25.7 Å². The molecule has 2 heterocycles. The molecule has 2 heteroatoms. The summed E-state index contributed by atoms with van der Waals surface area (Å²) in [6.45, 7) is 12.4. The van der Waals surface area contributed by atoms with E-state index in [1.807, 2.05) is 13.8 Å². The minimum atomic E-state index is 0.491. The van der Waals surface area contributed by atoms with E-state index in [0.29, 0.717) is 5.41 Å². The minimum Gasteiger partial charge on any atom is -0.316 e. The van der Waals surface area contributed by atoms with Crippen LogP contribution in [0.25, 0.3) is 0 Å². The third-order valence-corrected chi connectivity index (χ3v) is 3.55. The Hall–Kier alpha value is -0.0800. The molecule has 0 amide bonds. The molecule has 14 heavy (non-hydrogen) atoms. The van der Waals surface area contributed by atoms with E-state index in [4.69, 9.17) is 0 Å². The zero-order chi connectivity index (χ0) is 10.6. The molecule has 0 radical (unpaired) electrons. The molecule has 2 fully saturated rings. The van der Waals surface area contributed by atoms with Crippen LogP contribution in [0, 0.1) is 11.3 Å². The van der Waals surface area contributed by atoms with Crippen molar-refractivity contribution in [2.24, 2.45) is 11.3 Å². The first kappa shape index (κ1) is 12.0. The third-order valence-electron chi connectivity index (χ3n) is 3.55. The summed E-state index contributed by atoms with van der Waals surface area (Å²) in [6, 6.07) is 0.757. The van der Waals surface area contributed by atoms with Crippen LogP contribution in [0.15, 0.2) is 0 Å². The van der Waals surface area contributed by atoms with Gasteiger partial charge in [0.15, 0.2) is 0 Å². The summed E-state index contributed by atoms with van der Waals surface area (Å²) < 4.78 is 0. The number of hydrogen-bond donors (Lipinski definition) is 2. The van der Waals surface area contributed by atoms with Gasteiger partial charge < -0.3 is 10.6 Å². The molecular formula is C12H26N2. The van der Waals surface area contributed by atoms with Gasteiger partial charge in [0.2, 0.25) is 0 Å². The lowest BCUT2D eigenvalue weighted by Crippen LogP contribution is -2.41. The summed E-state index contributed by atoms with van der Waals surface area (Å²) in [5, 5.41) is 7.18. The standard InChI is InChI=1S/C10H20N2.C2H6/c1-10(2)4-6-11-7-8-3-5-12-9(8)10;1-2/h8-9,11-12H,3-7H2,1-2H3;1-2H3. The van der Waals surface area contributed by atoms with Gasteiger partial charge in [0.1, 0.15) is 0 Å². The molecule has 2 N–H and O–H groups in total. The summed E-state index contributed by atoms with van der Waals surface area (Å²) >= 11 is 0. The maximum Gasteiger partial charge on any atom is 0.0159 e. The molecule has 2 nitrogen and oxygen atoms in total. The van der Waals surface area contributed by atoms with Gasteiger partial charge in [-0.3, -0.25) is 0 Å². The van der Waals surface area contributed by atoms with Crippen LogP contribution in [0.4, 0.5) is 0 Å². The Morgan fingerprint density at radius 1 is 1.14 bits per heavy atom. The number of rotatable bonds is 0. The van der Waals surface area contributed by atoms with Crippen LogP contribution in [-0.2, 0) is 0 Å². The van der Waals surface area contributed by atoms with E-state index in [0.717, 1.165) is 12.0 Å². The molecular weight excluding hydrogens is 172 g/mol. The Kier molecular flexibility index (Phi) is 4.39. The Bertz CT molecular complexity index is 166. The van der Waals surface area contributed by atoms with E-state index < -0.39 is 0 Å². The first-order valence-electron chi connectivity index (χ1n) is 6.14. The molecule has 0 aromatic rings. The average Bonchev–Trinajstić information content (AvgIpc) is 2.60. The van der Waals surface area contributed by atoms with Crippen molar-refractivity contribution in [1.29, 1.82) is 0 Å². The molecule has 84 valence electrons. The minimum absolute atomic E-state index is 0.491. The lowest BCUT2D eigenvalue weighted by Gasteiger charge is -2.33. The van der Waals surface area contributed by atoms with Gasteiger partial charge in [-0.15, -0.1) is 0 Å². The summed E-state index contributed by atoms with van der Waals surface area (Å²) in [5.74, 6) is 0.877. The molecule has 0 aliphatic carbocycles. The van der Waals surface area contributed by atoms with Crippen molar-refractivity contribution in [3.05, 3.63) is 0 Å². The zero-order valence-corrected chi connectivity index (χ0v) is 10.2. The highest BCUT2D eigenvalue weighted by molar-refractivity contribution is 4.96. The summed E-state index contributed by atoms with van der Waals surface area (Å²) in [7, 11) is 0. The van der Waals surface area contributed by atoms with Crippen molar-refractivity contribution in [2.45, 2.75) is 46.6 Å². The van der Waals surface area contributed by atoms with Gasteiger partial charge in [0, 0.05) is 6.04 Å². The Balaban J connectivity index is 0.000000461. The van der Waals surface area contributed by atoms with Crippen molar-refractivity contribution >= 4 is 0 Å². The van der Waals surface area contributed by atoms with Crippen molar-refractivity contribution < 1.29 is 0 Å². The molecule has 2 saturated heterocycles. The molecule has 0 aromatic carbocycles. The van der Waals surface area contributed by atoms with E-state index >= 15 is 0 Å². The van der Waals surface area contributed by atoms with Gasteiger partial charge in [0.05, 0.1) is 0 Å². The first-order valence-corrected chi connectivity index (χ1v) is 6.14. The second-order valence-corrected chi connectivity index (χ2v) is 4.92. The van der Waals surface area contributed by atoms with Gasteiger partial charge in [-0.25, -0.2) is 0 Å². The molecule has 0 aromatic heterocycles. The van der Waals surface area contributed by atoms with E-state index in [-0.39, 0.29) is 0 Å². The third kappa shape index (κ3) is 2.48. The van der Waals surface area contributed by atoms with Crippen LogP contribution < -0.4 is 10.6 Å². The highest BCUT2D eigenvalue weighted by Gasteiger charge is 2.39. The van der Waals surface area contributed by atoms with Crippen LogP contribution in [0.1, 0.15) is 40.5 Å². The summed E-state index contributed by atoms with van der Waals surface area (Å²) in [4.78, 5) is 0. The Morgan fingerprint density at radius 3 is 2.57 bits per heavy atom. The summed E-state index contributed by atoms with van der Waals surface area (Å²) in [5.41, 5.74) is 0.491. The van der Waals surface area contributed by atoms with Crippen molar-refractivity contribution in [2.75, 3.05) is 19.6 Å². The second kappa shape index (κ2) is 5.13. The van der Waals surface area contributed by atoms with Gasteiger partial charge in [0.25, 0.3) is 0 Å². The molecule has 0 saturated carbocycles. The maximum atomic E-state index is 3.65. The Labute approximate surface area is 88.8 Å². The lowest BCUT2D eigenvalue weighted by atomic mass is 9.77. The topological polar surface area (TPSA) is 24.1 Å². The predicted octanol–water partition coefficient (Wildman–Crippen LogP) is 2.01. The fraction of sp³-hybridized carbons (Fsp3) is 1.00. The summed E-state index contributed by atoms with van der Waals surface area (Å²) in [6.07, 6.45) is 2.67. The highest BCUT2D eigenvalue weighted by atomic mass is 15.0. The highest BCUT2D eigenvalue weighted by Crippen LogP contribution is 2.35. The quantitative estimate of drug-likeness (QED) is 0.622. The molecule has 2 rings (SSSR count). The molecule has 2 unspecified atom stereocenters. The number of fused-ring (bicyclic) bond motifs is 1. The fourth-order valence-electron chi connectivity index (χ4n) is 2.75. The van der Waals surface area contributed by atoms with Crippen molar-refractivity contribution in [3.8, 4) is 0 Å². The molecule has 2 aliphatic rings. The van der Waals surface area contributed by atoms with E-state index in [1.54, 1.807) is 0 Å². The van der Waals surface area contributed by atoms with E-state index in [1.165, 1.54) is 32.5 Å². The molecule has 0 bridgehead atoms. The van der Waals surface area contributed by atoms with E-state index in [9.17, 15) is 0 Å². The predicted molar refractivity (Wildman–Crippen MR) is 62.5 cm³/mol. The monoisotopic (exact) mass is 198 g/mol. The van der Waals surface area contributed by atoms with Gasteiger partial charge in [-0.2, -0.15) is 0 Å². The van der Waals surface area contributed by atoms with Gasteiger partial charge in [-0.1, -0.05) is 27.7 Å². The number of hydrogen-bond acceptors (Lipinski definition) is 2. The largest absolute Gasteiger partial charge is 0.316 e. The fourth-order valence-corrected chi connectivity index (χ4v) is 2.75. The zero-order valence-electron chi connectivity index (χ0n) is 10.2. The second-order valence-electron chi connectivity index (χ2n) is 4.92. The van der Waals surface area contributed by atoms with Gasteiger partial charge in [-0.05, 0) is 43.8 Å². The van der Waals surface area contributed by atoms with Crippen molar-refractivity contribution in [1.82, 2.24) is 10.6 Å². The molecule has 0 spiro atoms. The number of nitrogens with one attached hydrogen (secondary N) is 2. The average molecular weight is 198 g/mol. The van der Waals surface area contributed by atoms with Crippen LogP contribution in [0.5, 0.6) is 0 Å². The SMILES string of the molecule is CC.CC1(C)CCNCC2CCNC21. The van der Waals surface area contributed by atoms with Crippen molar-refractivity contribution in [3.63, 3.8) is 0 Å². The smallest absolute Gasteiger partial charge is 0.0159 e.